The number of likely N-dealkylation sites (N-methyl/N-ethyl adjacent to an activating group) is 1. The van der Waals surface area contributed by atoms with E-state index in [2.05, 4.69) is 10.6 Å². The van der Waals surface area contributed by atoms with Crippen molar-refractivity contribution >= 4 is 5.91 Å². The van der Waals surface area contributed by atoms with E-state index in [1.165, 1.54) is 0 Å². The molecule has 0 bridgehead atoms. The summed E-state index contributed by atoms with van der Waals surface area (Å²) in [5, 5.41) is 24.6. The molecular formula is C12H24N2O4. The third-order valence-corrected chi connectivity index (χ3v) is 3.55. The Balaban J connectivity index is 2.63. The van der Waals surface area contributed by atoms with Gasteiger partial charge in [0.1, 0.15) is 0 Å². The fourth-order valence-electron chi connectivity index (χ4n) is 2.07. The van der Waals surface area contributed by atoms with Crippen LogP contribution >= 0.6 is 0 Å². The summed E-state index contributed by atoms with van der Waals surface area (Å²) in [6, 6.07) is 0.00180. The van der Waals surface area contributed by atoms with Gasteiger partial charge in [-0.2, -0.15) is 0 Å². The zero-order valence-corrected chi connectivity index (χ0v) is 11.1. The maximum atomic E-state index is 12.2. The van der Waals surface area contributed by atoms with E-state index in [1.807, 2.05) is 13.8 Å². The second-order valence-electron chi connectivity index (χ2n) is 4.75. The van der Waals surface area contributed by atoms with Gasteiger partial charge in [0, 0.05) is 6.04 Å². The van der Waals surface area contributed by atoms with Gasteiger partial charge in [0.25, 0.3) is 0 Å². The smallest absolute Gasteiger partial charge is 0.227 e. The minimum absolute atomic E-state index is 0.00180. The second kappa shape index (κ2) is 7.04. The topological polar surface area (TPSA) is 90.8 Å². The van der Waals surface area contributed by atoms with Crippen molar-refractivity contribution in [1.82, 2.24) is 10.6 Å². The van der Waals surface area contributed by atoms with E-state index < -0.39 is 5.54 Å². The van der Waals surface area contributed by atoms with Gasteiger partial charge in [-0.1, -0.05) is 13.8 Å². The van der Waals surface area contributed by atoms with E-state index in [4.69, 9.17) is 4.74 Å². The summed E-state index contributed by atoms with van der Waals surface area (Å²) in [4.78, 5) is 12.2. The predicted molar refractivity (Wildman–Crippen MR) is 67.1 cm³/mol. The molecule has 1 saturated heterocycles. The van der Waals surface area contributed by atoms with E-state index in [0.717, 1.165) is 6.54 Å². The maximum absolute atomic E-state index is 12.2. The molecule has 2 unspecified atom stereocenters. The molecule has 106 valence electrons. The molecule has 0 aromatic heterocycles. The molecule has 1 aliphatic heterocycles. The molecule has 1 aliphatic rings. The lowest BCUT2D eigenvalue weighted by molar-refractivity contribution is -0.129. The first-order valence-corrected chi connectivity index (χ1v) is 6.47. The largest absolute Gasteiger partial charge is 0.394 e. The lowest BCUT2D eigenvalue weighted by atomic mass is 9.95. The fraction of sp³-hybridized carbons (Fsp3) is 0.917. The van der Waals surface area contributed by atoms with Crippen LogP contribution < -0.4 is 10.6 Å². The zero-order valence-electron chi connectivity index (χ0n) is 11.1. The lowest BCUT2D eigenvalue weighted by Crippen LogP contribution is -2.57. The normalized spacial score (nSPS) is 24.2. The Morgan fingerprint density at radius 2 is 2.00 bits per heavy atom. The van der Waals surface area contributed by atoms with E-state index in [1.54, 1.807) is 0 Å². The summed E-state index contributed by atoms with van der Waals surface area (Å²) < 4.78 is 5.31. The Labute approximate surface area is 108 Å². The van der Waals surface area contributed by atoms with Crippen molar-refractivity contribution in [3.63, 3.8) is 0 Å². The first-order chi connectivity index (χ1) is 8.62. The second-order valence-corrected chi connectivity index (χ2v) is 4.75. The number of carbonyl (C=O) groups is 1. The van der Waals surface area contributed by atoms with Crippen molar-refractivity contribution in [1.29, 1.82) is 0 Å². The number of amides is 1. The van der Waals surface area contributed by atoms with Crippen LogP contribution in [0.5, 0.6) is 0 Å². The van der Waals surface area contributed by atoms with Crippen molar-refractivity contribution in [3.05, 3.63) is 0 Å². The van der Waals surface area contributed by atoms with E-state index in [-0.39, 0.29) is 31.1 Å². The van der Waals surface area contributed by atoms with Gasteiger partial charge in [0.2, 0.25) is 5.91 Å². The molecule has 1 fully saturated rings. The molecule has 6 heteroatoms. The quantitative estimate of drug-likeness (QED) is 0.464. The van der Waals surface area contributed by atoms with Crippen LogP contribution in [0.1, 0.15) is 20.3 Å². The molecule has 0 aliphatic carbocycles. The average molecular weight is 260 g/mol. The van der Waals surface area contributed by atoms with Gasteiger partial charge in [-0.3, -0.25) is 4.79 Å². The third kappa shape index (κ3) is 3.41. The minimum atomic E-state index is -0.934. The number of rotatable bonds is 7. The summed E-state index contributed by atoms with van der Waals surface area (Å²) in [5.41, 5.74) is -0.934. The summed E-state index contributed by atoms with van der Waals surface area (Å²) in [5.74, 6) is -0.447. The molecule has 4 N–H and O–H groups in total. The fourth-order valence-corrected chi connectivity index (χ4v) is 2.07. The highest BCUT2D eigenvalue weighted by Gasteiger charge is 2.37. The predicted octanol–water partition coefficient (Wildman–Crippen LogP) is -1.14. The van der Waals surface area contributed by atoms with Crippen LogP contribution in [-0.4, -0.2) is 60.7 Å². The van der Waals surface area contributed by atoms with E-state index in [0.29, 0.717) is 19.6 Å². The zero-order chi connectivity index (χ0) is 13.6. The van der Waals surface area contributed by atoms with Gasteiger partial charge in [0.15, 0.2) is 0 Å². The summed E-state index contributed by atoms with van der Waals surface area (Å²) in [7, 11) is 0. The maximum Gasteiger partial charge on any atom is 0.227 e. The number of hydrogen-bond donors (Lipinski definition) is 4. The van der Waals surface area contributed by atoms with Gasteiger partial charge in [-0.15, -0.1) is 0 Å². The molecule has 1 amide bonds. The highest BCUT2D eigenvalue weighted by atomic mass is 16.5. The summed E-state index contributed by atoms with van der Waals surface area (Å²) >= 11 is 0. The van der Waals surface area contributed by atoms with Crippen molar-refractivity contribution in [2.75, 3.05) is 33.0 Å². The third-order valence-electron chi connectivity index (χ3n) is 3.55. The van der Waals surface area contributed by atoms with Crippen LogP contribution in [0.2, 0.25) is 0 Å². The lowest BCUT2D eigenvalue weighted by Gasteiger charge is -2.31. The SMILES string of the molecule is CCNC1COCC1C(=O)NC(CC)(CO)CO. The van der Waals surface area contributed by atoms with E-state index >= 15 is 0 Å². The van der Waals surface area contributed by atoms with Gasteiger partial charge in [0.05, 0.1) is 37.9 Å². The molecule has 0 spiro atoms. The highest BCUT2D eigenvalue weighted by Crippen LogP contribution is 2.17. The molecule has 18 heavy (non-hydrogen) atoms. The van der Waals surface area contributed by atoms with Gasteiger partial charge in [-0.25, -0.2) is 0 Å². The minimum Gasteiger partial charge on any atom is -0.394 e. The van der Waals surface area contributed by atoms with E-state index in [9.17, 15) is 15.0 Å². The number of aliphatic hydroxyl groups is 2. The first kappa shape index (κ1) is 15.4. The van der Waals surface area contributed by atoms with Crippen LogP contribution in [-0.2, 0) is 9.53 Å². The van der Waals surface area contributed by atoms with Gasteiger partial charge < -0.3 is 25.6 Å². The average Bonchev–Trinajstić information content (AvgIpc) is 2.85. The van der Waals surface area contributed by atoms with Crippen LogP contribution in [0.25, 0.3) is 0 Å². The summed E-state index contributed by atoms with van der Waals surface area (Å²) in [6.07, 6.45) is 0.477. The highest BCUT2D eigenvalue weighted by molar-refractivity contribution is 5.80. The molecule has 1 heterocycles. The summed E-state index contributed by atoms with van der Waals surface area (Å²) in [6.45, 7) is 4.92. The number of nitrogens with one attached hydrogen (secondary N) is 2. The van der Waals surface area contributed by atoms with Crippen LogP contribution in [0.15, 0.2) is 0 Å². The molecular weight excluding hydrogens is 236 g/mol. The molecule has 0 radical (unpaired) electrons. The monoisotopic (exact) mass is 260 g/mol. The number of hydrogen-bond acceptors (Lipinski definition) is 5. The Morgan fingerprint density at radius 3 is 2.50 bits per heavy atom. The molecule has 0 saturated carbocycles. The van der Waals surface area contributed by atoms with Crippen LogP contribution in [0.4, 0.5) is 0 Å². The van der Waals surface area contributed by atoms with Crippen molar-refractivity contribution in [3.8, 4) is 0 Å². The Kier molecular flexibility index (Phi) is 6.01. The van der Waals surface area contributed by atoms with Gasteiger partial charge in [-0.05, 0) is 13.0 Å². The number of ether oxygens (including phenoxy) is 1. The molecule has 1 rings (SSSR count). The van der Waals surface area contributed by atoms with Crippen LogP contribution in [0, 0.1) is 5.92 Å². The molecule has 6 nitrogen and oxygen atoms in total. The van der Waals surface area contributed by atoms with Crippen molar-refractivity contribution < 1.29 is 19.7 Å². The molecule has 0 aromatic carbocycles. The van der Waals surface area contributed by atoms with Gasteiger partial charge >= 0.3 is 0 Å². The first-order valence-electron chi connectivity index (χ1n) is 6.47. The number of carbonyl (C=O) groups excluding carboxylic acids is 1. The molecule has 0 aromatic rings. The van der Waals surface area contributed by atoms with Crippen molar-refractivity contribution in [2.45, 2.75) is 31.8 Å². The van der Waals surface area contributed by atoms with Crippen LogP contribution in [0.3, 0.4) is 0 Å². The Bertz CT molecular complexity index is 261. The molecule has 2 atom stereocenters. The van der Waals surface area contributed by atoms with Crippen molar-refractivity contribution in [2.24, 2.45) is 5.92 Å². The Morgan fingerprint density at radius 1 is 1.33 bits per heavy atom. The number of aliphatic hydroxyl groups excluding tert-OH is 2. The Hall–Kier alpha value is -0.690. The standard InChI is InChI=1S/C12H24N2O4/c1-3-12(7-15,8-16)14-11(17)9-5-18-6-10(9)13-4-2/h9-10,13,15-16H,3-8H2,1-2H3,(H,14,17).